The quantitative estimate of drug-likeness (QED) is 0.663. The molecular formula is C10H14N2O. The van der Waals surface area contributed by atoms with E-state index in [1.807, 2.05) is 6.92 Å². The molecule has 0 bridgehead atoms. The van der Waals surface area contributed by atoms with Crippen LogP contribution in [0.25, 0.3) is 0 Å². The molecule has 0 amide bonds. The fraction of sp³-hybridized carbons (Fsp3) is 0.500. The highest BCUT2D eigenvalue weighted by Crippen LogP contribution is 2.10. The molecule has 0 aliphatic heterocycles. The average molecular weight is 178 g/mol. The Hall–Kier alpha value is -1.25. The minimum Gasteiger partial charge on any atom is -0.292 e. The summed E-state index contributed by atoms with van der Waals surface area (Å²) in [5.74, 6) is 0.150. The SMILES string of the molecule is CCCC(C)C(=O)c1cnccn1. The maximum atomic E-state index is 11.6. The van der Waals surface area contributed by atoms with Crippen LogP contribution < -0.4 is 0 Å². The Kier molecular flexibility index (Phi) is 3.55. The number of carbonyl (C=O) groups excluding carboxylic acids is 1. The third-order valence-electron chi connectivity index (χ3n) is 1.98. The maximum absolute atomic E-state index is 11.6. The van der Waals surface area contributed by atoms with E-state index in [4.69, 9.17) is 0 Å². The first-order valence-electron chi connectivity index (χ1n) is 4.56. The van der Waals surface area contributed by atoms with Crippen molar-refractivity contribution in [2.24, 2.45) is 5.92 Å². The molecule has 70 valence electrons. The third kappa shape index (κ3) is 2.61. The minimum atomic E-state index is 0.0571. The molecule has 0 saturated carbocycles. The second-order valence-corrected chi connectivity index (χ2v) is 3.14. The van der Waals surface area contributed by atoms with Crippen molar-refractivity contribution in [1.29, 1.82) is 0 Å². The van der Waals surface area contributed by atoms with Gasteiger partial charge in [0.05, 0.1) is 6.20 Å². The van der Waals surface area contributed by atoms with Gasteiger partial charge in [0, 0.05) is 18.3 Å². The van der Waals surface area contributed by atoms with Crippen molar-refractivity contribution in [2.45, 2.75) is 26.7 Å². The number of hydrogen-bond acceptors (Lipinski definition) is 3. The number of ketones is 1. The van der Waals surface area contributed by atoms with Gasteiger partial charge in [-0.1, -0.05) is 20.3 Å². The molecule has 0 aromatic carbocycles. The number of carbonyl (C=O) groups is 1. The summed E-state index contributed by atoms with van der Waals surface area (Å²) < 4.78 is 0. The molecule has 0 radical (unpaired) electrons. The molecule has 0 N–H and O–H groups in total. The van der Waals surface area contributed by atoms with Gasteiger partial charge in [-0.25, -0.2) is 4.98 Å². The normalized spacial score (nSPS) is 12.5. The predicted octanol–water partition coefficient (Wildman–Crippen LogP) is 2.10. The number of rotatable bonds is 4. The zero-order valence-corrected chi connectivity index (χ0v) is 8.03. The van der Waals surface area contributed by atoms with Gasteiger partial charge in [0.1, 0.15) is 5.69 Å². The second kappa shape index (κ2) is 4.70. The molecule has 0 aliphatic carbocycles. The Morgan fingerprint density at radius 2 is 2.31 bits per heavy atom. The summed E-state index contributed by atoms with van der Waals surface area (Å²) in [4.78, 5) is 19.5. The van der Waals surface area contributed by atoms with E-state index < -0.39 is 0 Å². The fourth-order valence-electron chi connectivity index (χ4n) is 1.24. The van der Waals surface area contributed by atoms with Crippen molar-refractivity contribution in [2.75, 3.05) is 0 Å². The third-order valence-corrected chi connectivity index (χ3v) is 1.98. The van der Waals surface area contributed by atoms with Gasteiger partial charge in [-0.15, -0.1) is 0 Å². The van der Waals surface area contributed by atoms with Crippen LogP contribution in [-0.4, -0.2) is 15.8 Å². The van der Waals surface area contributed by atoms with E-state index in [0.717, 1.165) is 12.8 Å². The van der Waals surface area contributed by atoms with E-state index in [1.165, 1.54) is 6.20 Å². The Morgan fingerprint density at radius 1 is 1.54 bits per heavy atom. The van der Waals surface area contributed by atoms with E-state index >= 15 is 0 Å². The van der Waals surface area contributed by atoms with Gasteiger partial charge in [0.25, 0.3) is 0 Å². The molecule has 1 aromatic rings. The van der Waals surface area contributed by atoms with Crippen molar-refractivity contribution >= 4 is 5.78 Å². The Morgan fingerprint density at radius 3 is 2.85 bits per heavy atom. The van der Waals surface area contributed by atoms with Gasteiger partial charge < -0.3 is 0 Å². The van der Waals surface area contributed by atoms with Crippen LogP contribution in [0.3, 0.4) is 0 Å². The number of Topliss-reactive ketones (excluding diaryl/α,β-unsaturated/α-hetero) is 1. The van der Waals surface area contributed by atoms with E-state index in [2.05, 4.69) is 16.9 Å². The van der Waals surface area contributed by atoms with E-state index in [9.17, 15) is 4.79 Å². The maximum Gasteiger partial charge on any atom is 0.185 e. The van der Waals surface area contributed by atoms with Gasteiger partial charge in [0.15, 0.2) is 5.78 Å². The molecule has 0 saturated heterocycles. The van der Waals surface area contributed by atoms with Crippen LogP contribution in [0.4, 0.5) is 0 Å². The standard InChI is InChI=1S/C10H14N2O/c1-3-4-8(2)10(13)9-7-11-5-6-12-9/h5-8H,3-4H2,1-2H3. The summed E-state index contributed by atoms with van der Waals surface area (Å²) in [6.07, 6.45) is 6.57. The van der Waals surface area contributed by atoms with Crippen LogP contribution in [0.2, 0.25) is 0 Å². The van der Waals surface area contributed by atoms with E-state index in [1.54, 1.807) is 12.4 Å². The molecule has 3 nitrogen and oxygen atoms in total. The summed E-state index contributed by atoms with van der Waals surface area (Å²) in [7, 11) is 0. The van der Waals surface area contributed by atoms with Crippen LogP contribution >= 0.6 is 0 Å². The Labute approximate surface area is 78.2 Å². The monoisotopic (exact) mass is 178 g/mol. The van der Waals surface area contributed by atoms with Crippen LogP contribution in [-0.2, 0) is 0 Å². The van der Waals surface area contributed by atoms with Gasteiger partial charge in [-0.05, 0) is 6.42 Å². The predicted molar refractivity (Wildman–Crippen MR) is 50.4 cm³/mol. The van der Waals surface area contributed by atoms with Gasteiger partial charge in [0.2, 0.25) is 0 Å². The summed E-state index contributed by atoms with van der Waals surface area (Å²) in [5, 5.41) is 0. The summed E-state index contributed by atoms with van der Waals surface area (Å²) in [6, 6.07) is 0. The molecule has 1 aromatic heterocycles. The summed E-state index contributed by atoms with van der Waals surface area (Å²) in [6.45, 7) is 4.00. The minimum absolute atomic E-state index is 0.0571. The lowest BCUT2D eigenvalue weighted by atomic mass is 9.99. The molecule has 13 heavy (non-hydrogen) atoms. The lowest BCUT2D eigenvalue weighted by Gasteiger charge is -2.06. The average Bonchev–Trinajstić information content (AvgIpc) is 2.18. The highest BCUT2D eigenvalue weighted by atomic mass is 16.1. The first kappa shape index (κ1) is 9.84. The molecule has 3 heteroatoms. The van der Waals surface area contributed by atoms with Gasteiger partial charge in [-0.2, -0.15) is 0 Å². The van der Waals surface area contributed by atoms with Crippen LogP contribution in [0.1, 0.15) is 37.2 Å². The molecule has 1 atom stereocenters. The summed E-state index contributed by atoms with van der Waals surface area (Å²) >= 11 is 0. The van der Waals surface area contributed by atoms with Crippen molar-refractivity contribution < 1.29 is 4.79 Å². The second-order valence-electron chi connectivity index (χ2n) is 3.14. The zero-order chi connectivity index (χ0) is 9.68. The topological polar surface area (TPSA) is 42.9 Å². The summed E-state index contributed by atoms with van der Waals surface area (Å²) in [5.41, 5.74) is 0.475. The largest absolute Gasteiger partial charge is 0.292 e. The molecule has 1 rings (SSSR count). The lowest BCUT2D eigenvalue weighted by molar-refractivity contribution is 0.0918. The molecule has 1 heterocycles. The van der Waals surface area contributed by atoms with Crippen molar-refractivity contribution in [3.05, 3.63) is 24.3 Å². The smallest absolute Gasteiger partial charge is 0.185 e. The van der Waals surface area contributed by atoms with Crippen molar-refractivity contribution in [3.63, 3.8) is 0 Å². The highest BCUT2D eigenvalue weighted by molar-refractivity contribution is 5.95. The molecular weight excluding hydrogens is 164 g/mol. The molecule has 0 aliphatic rings. The van der Waals surface area contributed by atoms with E-state index in [-0.39, 0.29) is 11.7 Å². The van der Waals surface area contributed by atoms with Crippen molar-refractivity contribution in [1.82, 2.24) is 9.97 Å². The first-order chi connectivity index (χ1) is 6.25. The van der Waals surface area contributed by atoms with Crippen LogP contribution in [0.5, 0.6) is 0 Å². The molecule has 0 spiro atoms. The van der Waals surface area contributed by atoms with Crippen LogP contribution in [0, 0.1) is 5.92 Å². The zero-order valence-electron chi connectivity index (χ0n) is 8.03. The number of nitrogens with zero attached hydrogens (tertiary/aromatic N) is 2. The van der Waals surface area contributed by atoms with E-state index in [0.29, 0.717) is 5.69 Å². The lowest BCUT2D eigenvalue weighted by Crippen LogP contribution is -2.12. The Bertz CT molecular complexity index is 272. The molecule has 1 unspecified atom stereocenters. The molecule has 0 fully saturated rings. The highest BCUT2D eigenvalue weighted by Gasteiger charge is 2.14. The number of aromatic nitrogens is 2. The van der Waals surface area contributed by atoms with Gasteiger partial charge >= 0.3 is 0 Å². The fourth-order valence-corrected chi connectivity index (χ4v) is 1.24. The first-order valence-corrected chi connectivity index (χ1v) is 4.56. The number of hydrogen-bond donors (Lipinski definition) is 0. The van der Waals surface area contributed by atoms with Crippen molar-refractivity contribution in [3.8, 4) is 0 Å². The Balaban J connectivity index is 2.68. The van der Waals surface area contributed by atoms with Gasteiger partial charge in [-0.3, -0.25) is 9.78 Å². The van der Waals surface area contributed by atoms with Crippen LogP contribution in [0.15, 0.2) is 18.6 Å².